The summed E-state index contributed by atoms with van der Waals surface area (Å²) in [6.07, 6.45) is 1.57. The van der Waals surface area contributed by atoms with E-state index in [1.807, 2.05) is 35.2 Å². The minimum atomic E-state index is -0.833. The van der Waals surface area contributed by atoms with Gasteiger partial charge in [-0.2, -0.15) is 0 Å². The molecule has 1 fully saturated rings. The Morgan fingerprint density at radius 3 is 2.73 bits per heavy atom. The van der Waals surface area contributed by atoms with Crippen LogP contribution in [0.3, 0.4) is 0 Å². The van der Waals surface area contributed by atoms with Crippen LogP contribution in [0.4, 0.5) is 4.39 Å². The van der Waals surface area contributed by atoms with Gasteiger partial charge in [-0.25, -0.2) is 9.37 Å². The Bertz CT molecular complexity index is 1050. The molecular formula is C23H24FN3O3. The number of carboxylic acid groups (broad SMARTS) is 1. The number of aromatic nitrogens is 2. The molecule has 2 heterocycles. The van der Waals surface area contributed by atoms with Gasteiger partial charge in [0.25, 0.3) is 0 Å². The van der Waals surface area contributed by atoms with E-state index in [2.05, 4.69) is 9.97 Å². The van der Waals surface area contributed by atoms with Crippen molar-refractivity contribution in [3.8, 4) is 0 Å². The largest absolute Gasteiger partial charge is 0.481 e. The second-order valence-corrected chi connectivity index (χ2v) is 7.96. The van der Waals surface area contributed by atoms with Crippen molar-refractivity contribution in [3.63, 3.8) is 0 Å². The summed E-state index contributed by atoms with van der Waals surface area (Å²) in [5.74, 6) is -0.495. The van der Waals surface area contributed by atoms with Gasteiger partial charge < -0.3 is 15.0 Å². The molecule has 6 nitrogen and oxygen atoms in total. The summed E-state index contributed by atoms with van der Waals surface area (Å²) in [5, 5.41) is 9.32. The van der Waals surface area contributed by atoms with Crippen LogP contribution in [0.15, 0.2) is 48.5 Å². The van der Waals surface area contributed by atoms with E-state index >= 15 is 0 Å². The molecule has 0 aliphatic carbocycles. The Morgan fingerprint density at radius 2 is 1.97 bits per heavy atom. The fraction of sp³-hybridized carbons (Fsp3) is 0.348. The fourth-order valence-corrected chi connectivity index (χ4v) is 4.29. The number of fused-ring (bicyclic) bond motifs is 1. The molecule has 156 valence electrons. The summed E-state index contributed by atoms with van der Waals surface area (Å²) in [4.78, 5) is 33.7. The monoisotopic (exact) mass is 409 g/mol. The molecule has 3 aromatic rings. The Kier molecular flexibility index (Phi) is 5.79. The van der Waals surface area contributed by atoms with Gasteiger partial charge in [-0.05, 0) is 42.0 Å². The maximum Gasteiger partial charge on any atom is 0.303 e. The predicted octanol–water partition coefficient (Wildman–Crippen LogP) is 3.43. The van der Waals surface area contributed by atoms with Crippen LogP contribution in [0.1, 0.15) is 24.2 Å². The molecular weight excluding hydrogens is 385 g/mol. The number of piperidine rings is 1. The number of aromatic amines is 1. The van der Waals surface area contributed by atoms with Crippen molar-refractivity contribution in [2.24, 2.45) is 11.8 Å². The predicted molar refractivity (Wildman–Crippen MR) is 110 cm³/mol. The zero-order valence-electron chi connectivity index (χ0n) is 16.6. The van der Waals surface area contributed by atoms with E-state index in [-0.39, 0.29) is 30.0 Å². The average molecular weight is 409 g/mol. The number of nitrogens with one attached hydrogen (secondary N) is 1. The number of halogens is 1. The number of hydrogen-bond donors (Lipinski definition) is 2. The first-order valence-electron chi connectivity index (χ1n) is 10.2. The van der Waals surface area contributed by atoms with E-state index in [1.165, 1.54) is 12.1 Å². The second kappa shape index (κ2) is 8.65. The van der Waals surface area contributed by atoms with E-state index in [0.29, 0.717) is 49.2 Å². The molecule has 2 aromatic carbocycles. The van der Waals surface area contributed by atoms with Crippen molar-refractivity contribution in [2.75, 3.05) is 13.1 Å². The molecule has 0 unspecified atom stereocenters. The van der Waals surface area contributed by atoms with Crippen LogP contribution in [-0.2, 0) is 22.4 Å². The molecule has 7 heteroatoms. The van der Waals surface area contributed by atoms with Gasteiger partial charge in [0.2, 0.25) is 5.91 Å². The number of aliphatic carboxylic acids is 1. The van der Waals surface area contributed by atoms with Crippen molar-refractivity contribution in [3.05, 3.63) is 65.7 Å². The third-order valence-corrected chi connectivity index (χ3v) is 5.83. The molecule has 2 atom stereocenters. The van der Waals surface area contributed by atoms with Crippen molar-refractivity contribution in [1.29, 1.82) is 0 Å². The molecule has 1 aromatic heterocycles. The van der Waals surface area contributed by atoms with Crippen LogP contribution in [0.25, 0.3) is 11.0 Å². The summed E-state index contributed by atoms with van der Waals surface area (Å²) in [6, 6.07) is 14.0. The molecule has 1 aliphatic rings. The zero-order valence-corrected chi connectivity index (χ0v) is 16.6. The summed E-state index contributed by atoms with van der Waals surface area (Å²) >= 11 is 0. The lowest BCUT2D eigenvalue weighted by molar-refractivity contribution is -0.139. The van der Waals surface area contributed by atoms with Crippen molar-refractivity contribution >= 4 is 22.9 Å². The highest BCUT2D eigenvalue weighted by Crippen LogP contribution is 2.30. The summed E-state index contributed by atoms with van der Waals surface area (Å²) in [6.45, 7) is 1.06. The van der Waals surface area contributed by atoms with E-state index < -0.39 is 5.97 Å². The number of imidazole rings is 1. The van der Waals surface area contributed by atoms with Crippen LogP contribution < -0.4 is 0 Å². The van der Waals surface area contributed by atoms with Gasteiger partial charge in [0.15, 0.2) is 0 Å². The first kappa shape index (κ1) is 20.1. The zero-order chi connectivity index (χ0) is 21.1. The van der Waals surface area contributed by atoms with Gasteiger partial charge in [-0.15, -0.1) is 0 Å². The SMILES string of the molecule is O=C(O)C[C@@H]1CCN(C(=O)Cc2ccccc2)C[C@@H]1Cc1nc2ccc(F)cc2[nH]1. The molecule has 2 N–H and O–H groups in total. The number of carbonyl (C=O) groups is 2. The van der Waals surface area contributed by atoms with Crippen LogP contribution in [-0.4, -0.2) is 44.9 Å². The summed E-state index contributed by atoms with van der Waals surface area (Å²) in [5.41, 5.74) is 2.26. The lowest BCUT2D eigenvalue weighted by Crippen LogP contribution is -2.45. The summed E-state index contributed by atoms with van der Waals surface area (Å²) < 4.78 is 13.5. The third kappa shape index (κ3) is 4.67. The van der Waals surface area contributed by atoms with Crippen molar-refractivity contribution in [2.45, 2.75) is 25.7 Å². The Morgan fingerprint density at radius 1 is 1.17 bits per heavy atom. The molecule has 4 rings (SSSR count). The van der Waals surface area contributed by atoms with Crippen LogP contribution in [0.5, 0.6) is 0 Å². The molecule has 1 aliphatic heterocycles. The highest BCUT2D eigenvalue weighted by atomic mass is 19.1. The molecule has 0 radical (unpaired) electrons. The molecule has 0 spiro atoms. The number of carbonyl (C=O) groups excluding carboxylic acids is 1. The topological polar surface area (TPSA) is 86.3 Å². The normalized spacial score (nSPS) is 19.2. The van der Waals surface area contributed by atoms with Gasteiger partial charge in [0.1, 0.15) is 11.6 Å². The quantitative estimate of drug-likeness (QED) is 0.653. The minimum Gasteiger partial charge on any atom is -0.481 e. The number of amides is 1. The third-order valence-electron chi connectivity index (χ3n) is 5.83. The second-order valence-electron chi connectivity index (χ2n) is 7.96. The summed E-state index contributed by atoms with van der Waals surface area (Å²) in [7, 11) is 0. The Labute approximate surface area is 173 Å². The maximum absolute atomic E-state index is 13.5. The first-order valence-corrected chi connectivity index (χ1v) is 10.2. The molecule has 0 bridgehead atoms. The lowest BCUT2D eigenvalue weighted by Gasteiger charge is -2.38. The van der Waals surface area contributed by atoms with E-state index in [1.54, 1.807) is 6.07 Å². The minimum absolute atomic E-state index is 0.0278. The smallest absolute Gasteiger partial charge is 0.303 e. The maximum atomic E-state index is 13.5. The number of likely N-dealkylation sites (tertiary alicyclic amines) is 1. The van der Waals surface area contributed by atoms with Crippen LogP contribution in [0.2, 0.25) is 0 Å². The van der Waals surface area contributed by atoms with Gasteiger partial charge in [0, 0.05) is 25.9 Å². The van der Waals surface area contributed by atoms with Crippen LogP contribution in [0, 0.1) is 17.7 Å². The van der Waals surface area contributed by atoms with Crippen molar-refractivity contribution < 1.29 is 19.1 Å². The molecule has 1 amide bonds. The number of H-pyrrole nitrogens is 1. The van der Waals surface area contributed by atoms with E-state index in [0.717, 1.165) is 5.56 Å². The number of hydrogen-bond acceptors (Lipinski definition) is 3. The first-order chi connectivity index (χ1) is 14.5. The molecule has 0 saturated carbocycles. The highest BCUT2D eigenvalue weighted by Gasteiger charge is 2.33. The highest BCUT2D eigenvalue weighted by molar-refractivity contribution is 5.79. The van der Waals surface area contributed by atoms with Gasteiger partial charge in [-0.1, -0.05) is 30.3 Å². The average Bonchev–Trinajstić information content (AvgIpc) is 3.11. The van der Waals surface area contributed by atoms with Gasteiger partial charge in [-0.3, -0.25) is 9.59 Å². The van der Waals surface area contributed by atoms with Crippen molar-refractivity contribution in [1.82, 2.24) is 14.9 Å². The van der Waals surface area contributed by atoms with Gasteiger partial charge in [0.05, 0.1) is 17.5 Å². The Balaban J connectivity index is 1.50. The lowest BCUT2D eigenvalue weighted by atomic mass is 9.81. The standard InChI is InChI=1S/C23H24FN3O3/c24-18-6-7-19-20(13-18)26-21(25-19)11-17-14-27(9-8-16(17)12-23(29)30)22(28)10-15-4-2-1-3-5-15/h1-7,13,16-17H,8-12,14H2,(H,25,26)(H,29,30)/t16-,17-/m0/s1. The Hall–Kier alpha value is -3.22. The van der Waals surface area contributed by atoms with Crippen LogP contribution >= 0.6 is 0 Å². The number of rotatable bonds is 6. The molecule has 1 saturated heterocycles. The van der Waals surface area contributed by atoms with Gasteiger partial charge >= 0.3 is 5.97 Å². The number of carboxylic acids is 1. The fourth-order valence-electron chi connectivity index (χ4n) is 4.29. The van der Waals surface area contributed by atoms with E-state index in [4.69, 9.17) is 0 Å². The number of nitrogens with zero attached hydrogens (tertiary/aromatic N) is 2. The molecule has 30 heavy (non-hydrogen) atoms. The van der Waals surface area contributed by atoms with E-state index in [9.17, 15) is 19.1 Å². The number of benzene rings is 2.